The molecule has 0 radical (unpaired) electrons. The van der Waals surface area contributed by atoms with Gasteiger partial charge in [0, 0.05) is 13.7 Å². The van der Waals surface area contributed by atoms with Crippen molar-refractivity contribution in [2.24, 2.45) is 5.73 Å². The van der Waals surface area contributed by atoms with Gasteiger partial charge in [-0.25, -0.2) is 12.8 Å². The van der Waals surface area contributed by atoms with Crippen molar-refractivity contribution in [3.8, 4) is 0 Å². The molecule has 0 saturated heterocycles. The van der Waals surface area contributed by atoms with E-state index in [0.29, 0.717) is 6.07 Å². The van der Waals surface area contributed by atoms with Crippen LogP contribution < -0.4 is 11.1 Å². The van der Waals surface area contributed by atoms with Gasteiger partial charge in [-0.15, -0.1) is 0 Å². The van der Waals surface area contributed by atoms with E-state index < -0.39 is 31.6 Å². The summed E-state index contributed by atoms with van der Waals surface area (Å²) in [5.41, 5.74) is -1.05. The Bertz CT molecular complexity index is 630. The van der Waals surface area contributed by atoms with Crippen molar-refractivity contribution in [2.75, 3.05) is 25.6 Å². The number of methoxy groups -OCH3 is 1. The van der Waals surface area contributed by atoms with Crippen LogP contribution in [0, 0.1) is 5.82 Å². The molecule has 0 heterocycles. The summed E-state index contributed by atoms with van der Waals surface area (Å²) in [4.78, 5) is -1.19. The number of rotatable bonds is 6. The number of sulfone groups is 1. The van der Waals surface area contributed by atoms with Crippen molar-refractivity contribution >= 4 is 15.5 Å². The molecule has 126 valence electrons. The molecule has 0 amide bonds. The number of halogens is 4. The molecule has 0 aliphatic heterocycles. The first-order chi connectivity index (χ1) is 9.90. The second-order valence-corrected chi connectivity index (χ2v) is 6.94. The molecule has 1 aromatic rings. The second-order valence-electron chi connectivity index (χ2n) is 5.03. The number of nitrogens with two attached hydrogens (primary N) is 1. The van der Waals surface area contributed by atoms with Gasteiger partial charge in [0.05, 0.1) is 17.8 Å². The first-order valence-corrected chi connectivity index (χ1v) is 7.51. The molecule has 0 fully saturated rings. The number of alkyl halides is 3. The summed E-state index contributed by atoms with van der Waals surface area (Å²) < 4.78 is 78.9. The third-order valence-electron chi connectivity index (χ3n) is 2.69. The maximum absolute atomic E-state index is 13.2. The van der Waals surface area contributed by atoms with Crippen LogP contribution in [0.15, 0.2) is 23.1 Å². The molecule has 10 heteroatoms. The fraction of sp³-hybridized carbons (Fsp3) is 0.500. The van der Waals surface area contributed by atoms with Crippen molar-refractivity contribution in [1.29, 1.82) is 0 Å². The van der Waals surface area contributed by atoms with Crippen molar-refractivity contribution in [3.63, 3.8) is 0 Å². The molecule has 1 unspecified atom stereocenters. The molecule has 1 rings (SSSR count). The standard InChI is InChI=1S/C12H16F4N2O3S/c1-11(17,7-21-2)6-18-9-4-3-8(13)5-10(9)22(19,20)12(14,15)16/h3-5,18H,6-7,17H2,1-2H3. The van der Waals surface area contributed by atoms with Crippen LogP contribution in [0.2, 0.25) is 0 Å². The van der Waals surface area contributed by atoms with Crippen LogP contribution in [-0.4, -0.2) is 39.7 Å². The summed E-state index contributed by atoms with van der Waals surface area (Å²) in [6, 6.07) is 2.08. The lowest BCUT2D eigenvalue weighted by atomic mass is 10.1. The molecular weight excluding hydrogens is 328 g/mol. The van der Waals surface area contributed by atoms with Crippen LogP contribution >= 0.6 is 0 Å². The largest absolute Gasteiger partial charge is 0.501 e. The Morgan fingerprint density at radius 2 is 1.91 bits per heavy atom. The summed E-state index contributed by atoms with van der Waals surface area (Å²) in [6.45, 7) is 1.57. The molecule has 0 bridgehead atoms. The van der Waals surface area contributed by atoms with Gasteiger partial charge in [0.2, 0.25) is 0 Å². The van der Waals surface area contributed by atoms with Gasteiger partial charge < -0.3 is 15.8 Å². The van der Waals surface area contributed by atoms with Crippen molar-refractivity contribution < 1.29 is 30.7 Å². The van der Waals surface area contributed by atoms with E-state index in [-0.39, 0.29) is 18.8 Å². The van der Waals surface area contributed by atoms with E-state index in [1.165, 1.54) is 7.11 Å². The van der Waals surface area contributed by atoms with Gasteiger partial charge in [0.1, 0.15) is 10.7 Å². The molecular formula is C12H16F4N2O3S. The van der Waals surface area contributed by atoms with Crippen LogP contribution in [0.5, 0.6) is 0 Å². The number of benzene rings is 1. The van der Waals surface area contributed by atoms with Crippen molar-refractivity contribution in [3.05, 3.63) is 24.0 Å². The third-order valence-corrected chi connectivity index (χ3v) is 4.22. The van der Waals surface area contributed by atoms with Gasteiger partial charge in [-0.05, 0) is 25.1 Å². The van der Waals surface area contributed by atoms with Gasteiger partial charge in [-0.1, -0.05) is 0 Å². The zero-order valence-corrected chi connectivity index (χ0v) is 12.7. The Balaban J connectivity index is 3.18. The number of anilines is 1. The normalized spacial score (nSPS) is 15.4. The molecule has 0 saturated carbocycles. The van der Waals surface area contributed by atoms with Crippen LogP contribution in [0.4, 0.5) is 23.2 Å². The van der Waals surface area contributed by atoms with E-state index in [4.69, 9.17) is 10.5 Å². The maximum Gasteiger partial charge on any atom is 0.501 e. The second kappa shape index (κ2) is 6.39. The molecule has 0 aliphatic carbocycles. The van der Waals surface area contributed by atoms with Crippen molar-refractivity contribution in [1.82, 2.24) is 0 Å². The Labute approximate surface area is 125 Å². The first kappa shape index (κ1) is 18.7. The molecule has 1 aromatic carbocycles. The zero-order valence-electron chi connectivity index (χ0n) is 11.9. The summed E-state index contributed by atoms with van der Waals surface area (Å²) in [7, 11) is -4.29. The predicted octanol–water partition coefficient (Wildman–Crippen LogP) is 1.89. The SMILES string of the molecule is COCC(C)(N)CNc1ccc(F)cc1S(=O)(=O)C(F)(F)F. The summed E-state index contributed by atoms with van der Waals surface area (Å²) in [5.74, 6) is -1.10. The van der Waals surface area contributed by atoms with E-state index in [2.05, 4.69) is 5.32 Å². The molecule has 0 spiro atoms. The minimum Gasteiger partial charge on any atom is -0.383 e. The average molecular weight is 344 g/mol. The maximum atomic E-state index is 13.2. The fourth-order valence-corrected chi connectivity index (χ4v) is 2.61. The fourth-order valence-electron chi connectivity index (χ4n) is 1.67. The highest BCUT2D eigenvalue weighted by Crippen LogP contribution is 2.34. The van der Waals surface area contributed by atoms with E-state index in [0.717, 1.165) is 12.1 Å². The Morgan fingerprint density at radius 3 is 2.41 bits per heavy atom. The number of ether oxygens (including phenoxy) is 1. The highest BCUT2D eigenvalue weighted by molar-refractivity contribution is 7.92. The summed E-state index contributed by atoms with van der Waals surface area (Å²) in [6.07, 6.45) is 0. The van der Waals surface area contributed by atoms with Gasteiger partial charge in [-0.3, -0.25) is 0 Å². The van der Waals surface area contributed by atoms with Gasteiger partial charge in [-0.2, -0.15) is 13.2 Å². The van der Waals surface area contributed by atoms with E-state index in [1.54, 1.807) is 6.92 Å². The van der Waals surface area contributed by atoms with Crippen LogP contribution in [-0.2, 0) is 14.6 Å². The van der Waals surface area contributed by atoms with Crippen LogP contribution in [0.25, 0.3) is 0 Å². The summed E-state index contributed by atoms with van der Waals surface area (Å²) in [5, 5.41) is 2.49. The van der Waals surface area contributed by atoms with Gasteiger partial charge >= 0.3 is 5.51 Å². The van der Waals surface area contributed by atoms with E-state index >= 15 is 0 Å². The minimum atomic E-state index is -5.68. The minimum absolute atomic E-state index is 0.0765. The highest BCUT2D eigenvalue weighted by atomic mass is 32.2. The molecule has 1 atom stereocenters. The van der Waals surface area contributed by atoms with E-state index in [1.807, 2.05) is 0 Å². The van der Waals surface area contributed by atoms with Crippen molar-refractivity contribution in [2.45, 2.75) is 22.9 Å². The molecule has 3 N–H and O–H groups in total. The Hall–Kier alpha value is -1.39. The number of hydrogen-bond donors (Lipinski definition) is 2. The third kappa shape index (κ3) is 4.31. The van der Waals surface area contributed by atoms with E-state index in [9.17, 15) is 26.0 Å². The van der Waals surface area contributed by atoms with Gasteiger partial charge in [0.15, 0.2) is 0 Å². The molecule has 5 nitrogen and oxygen atoms in total. The topological polar surface area (TPSA) is 81.4 Å². The summed E-state index contributed by atoms with van der Waals surface area (Å²) >= 11 is 0. The predicted molar refractivity (Wildman–Crippen MR) is 72.6 cm³/mol. The first-order valence-electron chi connectivity index (χ1n) is 6.03. The van der Waals surface area contributed by atoms with Gasteiger partial charge in [0.25, 0.3) is 9.84 Å². The zero-order chi connectivity index (χ0) is 17.2. The smallest absolute Gasteiger partial charge is 0.383 e. The molecule has 0 aromatic heterocycles. The molecule has 0 aliphatic rings. The molecule has 22 heavy (non-hydrogen) atoms. The van der Waals surface area contributed by atoms with Crippen LogP contribution in [0.1, 0.15) is 6.92 Å². The lowest BCUT2D eigenvalue weighted by Crippen LogP contribution is -2.47. The Kier molecular flexibility index (Phi) is 5.42. The lowest BCUT2D eigenvalue weighted by Gasteiger charge is -2.25. The lowest BCUT2D eigenvalue weighted by molar-refractivity contribution is -0.0435. The average Bonchev–Trinajstić information content (AvgIpc) is 2.35. The quantitative estimate of drug-likeness (QED) is 0.771. The number of nitrogens with one attached hydrogen (secondary N) is 1. The van der Waals surface area contributed by atoms with Crippen LogP contribution in [0.3, 0.4) is 0 Å². The Morgan fingerprint density at radius 1 is 1.32 bits per heavy atom. The monoisotopic (exact) mass is 344 g/mol. The highest BCUT2D eigenvalue weighted by Gasteiger charge is 2.48. The number of hydrogen-bond acceptors (Lipinski definition) is 5.